The Morgan fingerprint density at radius 2 is 2.18 bits per heavy atom. The van der Waals surface area contributed by atoms with Gasteiger partial charge in [-0.05, 0) is 0 Å². The molecule has 1 aromatic heterocycles. The Morgan fingerprint density at radius 3 is 2.55 bits per heavy atom. The molecular formula is C6H8BNO2S. The van der Waals surface area contributed by atoms with Gasteiger partial charge in [0.1, 0.15) is 0 Å². The first kappa shape index (κ1) is 8.42. The van der Waals surface area contributed by atoms with Gasteiger partial charge in [0, 0.05) is 0 Å². The first-order valence-electron chi connectivity index (χ1n) is 3.10. The zero-order valence-electron chi connectivity index (χ0n) is 6.11. The van der Waals surface area contributed by atoms with Crippen LogP contribution in [0.3, 0.4) is 0 Å². The molecule has 0 radical (unpaired) electrons. The maximum absolute atomic E-state index is 10.8. The molecule has 0 aliphatic heterocycles. The van der Waals surface area contributed by atoms with Crippen LogP contribution in [-0.2, 0) is 10.0 Å². The Kier molecular flexibility index (Phi) is 2.11. The molecule has 0 saturated carbocycles. The van der Waals surface area contributed by atoms with Crippen LogP contribution in [-0.4, -0.2) is 15.3 Å². The van der Waals surface area contributed by atoms with Crippen molar-refractivity contribution in [3.05, 3.63) is 23.6 Å². The second kappa shape index (κ2) is 2.75. The Bertz CT molecular complexity index is 361. The van der Waals surface area contributed by atoms with Gasteiger partial charge in [0.15, 0.2) is 0 Å². The summed E-state index contributed by atoms with van der Waals surface area (Å²) >= 11 is 0. The number of sulfonamides is 1. The fraction of sp³-hybridized carbons (Fsp3) is 0.167. The van der Waals surface area contributed by atoms with Crippen molar-refractivity contribution in [3.63, 3.8) is 0 Å². The van der Waals surface area contributed by atoms with Gasteiger partial charge in [-0.1, -0.05) is 0 Å². The summed E-state index contributed by atoms with van der Waals surface area (Å²) in [5, 5.41) is 4.93. The minimum atomic E-state index is -3.53. The Hall–Kier alpha value is -0.675. The van der Waals surface area contributed by atoms with E-state index in [1.54, 1.807) is 25.8 Å². The van der Waals surface area contributed by atoms with Crippen LogP contribution < -0.4 is 5.14 Å². The summed E-state index contributed by atoms with van der Waals surface area (Å²) in [6.07, 6.45) is 0. The molecule has 0 unspecified atom stereocenters. The molecule has 0 saturated heterocycles. The van der Waals surface area contributed by atoms with E-state index in [2.05, 4.69) is 0 Å². The van der Waals surface area contributed by atoms with Gasteiger partial charge in [-0.15, -0.1) is 0 Å². The van der Waals surface area contributed by atoms with Crippen molar-refractivity contribution in [2.45, 2.75) is 11.8 Å². The quantitative estimate of drug-likeness (QED) is 0.642. The normalized spacial score (nSPS) is 11.1. The number of hydrogen-bond donors (Lipinski definition) is 1. The molecule has 58 valence electrons. The molecule has 0 amide bonds. The summed E-state index contributed by atoms with van der Waals surface area (Å²) in [7, 11) is -3.53. The van der Waals surface area contributed by atoms with Gasteiger partial charge in [-0.3, -0.25) is 0 Å². The van der Waals surface area contributed by atoms with E-state index in [1.165, 1.54) is 6.07 Å². The summed E-state index contributed by atoms with van der Waals surface area (Å²) in [4.78, 5) is 0.194. The third-order valence-electron chi connectivity index (χ3n) is 1.40. The number of primary sulfonamides is 1. The van der Waals surface area contributed by atoms with Crippen LogP contribution in [0, 0.1) is 6.92 Å². The van der Waals surface area contributed by atoms with Gasteiger partial charge in [0.05, 0.1) is 0 Å². The summed E-state index contributed by atoms with van der Waals surface area (Å²) in [5.74, 6) is 3.35. The number of nitrogens with two attached hydrogens (primary N) is 1. The predicted molar refractivity (Wildman–Crippen MR) is 43.9 cm³/mol. The van der Waals surface area contributed by atoms with Crippen LogP contribution >= 0.6 is 0 Å². The predicted octanol–water partition coefficient (Wildman–Crippen LogP) is -0.0195. The zero-order valence-corrected chi connectivity index (χ0v) is 6.93. The maximum atomic E-state index is 10.8. The van der Waals surface area contributed by atoms with Gasteiger partial charge in [0.2, 0.25) is 0 Å². The number of rotatable bonds is 1. The van der Waals surface area contributed by atoms with E-state index in [9.17, 15) is 8.42 Å². The Balaban J connectivity index is 3.37. The van der Waals surface area contributed by atoms with Crippen LogP contribution in [0.25, 0.3) is 0 Å². The standard InChI is InChI=1S/C6H8BNO2S/c1-5-4-7-3-2-6(5)11(8,9)10/h2-4H,1H3,(H2,8,9,10). The van der Waals surface area contributed by atoms with E-state index in [1.807, 2.05) is 0 Å². The minimum absolute atomic E-state index is 0.194. The van der Waals surface area contributed by atoms with Crippen LogP contribution in [0.2, 0.25) is 0 Å². The van der Waals surface area contributed by atoms with Gasteiger partial charge in [-0.2, -0.15) is 0 Å². The van der Waals surface area contributed by atoms with E-state index in [0.29, 0.717) is 5.56 Å². The van der Waals surface area contributed by atoms with Crippen molar-refractivity contribution in [3.8, 4) is 0 Å². The number of aryl methyl sites for hydroxylation is 1. The molecule has 11 heavy (non-hydrogen) atoms. The first-order chi connectivity index (χ1) is 5.02. The van der Waals surface area contributed by atoms with Crippen LogP contribution in [0.15, 0.2) is 22.9 Å². The molecule has 2 N–H and O–H groups in total. The van der Waals surface area contributed by atoms with Crippen LogP contribution in [0.1, 0.15) is 5.56 Å². The van der Waals surface area contributed by atoms with Gasteiger partial charge < -0.3 is 0 Å². The molecule has 1 rings (SSSR count). The molecule has 0 spiro atoms. The molecular weight excluding hydrogens is 161 g/mol. The average molecular weight is 169 g/mol. The van der Waals surface area contributed by atoms with Crippen LogP contribution in [0.5, 0.6) is 0 Å². The molecule has 1 aromatic rings. The molecule has 5 heteroatoms. The van der Waals surface area contributed by atoms with E-state index in [-0.39, 0.29) is 4.90 Å². The number of hydrogen-bond acceptors (Lipinski definition) is 2. The van der Waals surface area contributed by atoms with Crippen molar-refractivity contribution >= 4 is 16.9 Å². The molecule has 0 aromatic carbocycles. The summed E-state index contributed by atoms with van der Waals surface area (Å²) in [6.45, 7) is 3.48. The van der Waals surface area contributed by atoms with E-state index in [0.717, 1.165) is 0 Å². The molecule has 0 aliphatic carbocycles. The van der Waals surface area contributed by atoms with Gasteiger partial charge in [0.25, 0.3) is 0 Å². The van der Waals surface area contributed by atoms with Crippen molar-refractivity contribution in [1.29, 1.82) is 0 Å². The average Bonchev–Trinajstić information content (AvgIpc) is 1.86. The third kappa shape index (κ3) is 1.88. The SMILES string of the molecule is Cc1cbccc1S(N)(=O)=O. The summed E-state index contributed by atoms with van der Waals surface area (Å²) in [5.41, 5.74) is 0.676. The Labute approximate surface area is 66.5 Å². The molecule has 0 atom stereocenters. The summed E-state index contributed by atoms with van der Waals surface area (Å²) in [6, 6.07) is 1.49. The van der Waals surface area contributed by atoms with Gasteiger partial charge >= 0.3 is 65.9 Å². The van der Waals surface area contributed by atoms with Gasteiger partial charge in [-0.25, -0.2) is 0 Å². The third-order valence-corrected chi connectivity index (χ3v) is 2.47. The fourth-order valence-corrected chi connectivity index (χ4v) is 1.66. The monoisotopic (exact) mass is 169 g/mol. The molecule has 0 bridgehead atoms. The van der Waals surface area contributed by atoms with Crippen molar-refractivity contribution in [1.82, 2.24) is 0 Å². The van der Waals surface area contributed by atoms with Crippen molar-refractivity contribution < 1.29 is 8.42 Å². The topological polar surface area (TPSA) is 60.2 Å². The molecule has 3 nitrogen and oxygen atoms in total. The molecule has 1 heterocycles. The van der Waals surface area contributed by atoms with Crippen molar-refractivity contribution in [2.75, 3.05) is 0 Å². The molecule has 0 aliphatic rings. The van der Waals surface area contributed by atoms with E-state index >= 15 is 0 Å². The first-order valence-corrected chi connectivity index (χ1v) is 4.65. The second-order valence-electron chi connectivity index (χ2n) is 2.31. The second-order valence-corrected chi connectivity index (χ2v) is 3.84. The van der Waals surface area contributed by atoms with E-state index in [4.69, 9.17) is 5.14 Å². The van der Waals surface area contributed by atoms with Crippen LogP contribution in [0.4, 0.5) is 0 Å². The van der Waals surface area contributed by atoms with E-state index < -0.39 is 10.0 Å². The fourth-order valence-electron chi connectivity index (χ4n) is 0.876. The Morgan fingerprint density at radius 1 is 1.55 bits per heavy atom. The molecule has 0 fully saturated rings. The zero-order chi connectivity index (χ0) is 8.48. The summed E-state index contributed by atoms with van der Waals surface area (Å²) < 4.78 is 21.7. The van der Waals surface area contributed by atoms with Crippen molar-refractivity contribution in [2.24, 2.45) is 5.14 Å².